The summed E-state index contributed by atoms with van der Waals surface area (Å²) < 4.78 is 19.6. The van der Waals surface area contributed by atoms with E-state index in [-0.39, 0.29) is 17.4 Å². The molecule has 0 bridgehead atoms. The van der Waals surface area contributed by atoms with E-state index in [4.69, 9.17) is 4.74 Å². The molecule has 4 rings (SSSR count). The number of nitrogens with one attached hydrogen (secondary N) is 1. The van der Waals surface area contributed by atoms with Crippen LogP contribution in [0.5, 0.6) is 11.6 Å². The Morgan fingerprint density at radius 2 is 1.82 bits per heavy atom. The van der Waals surface area contributed by atoms with Crippen molar-refractivity contribution in [1.29, 1.82) is 0 Å². The minimum atomic E-state index is -0.683. The summed E-state index contributed by atoms with van der Waals surface area (Å²) in [6.07, 6.45) is 2.69. The SMILES string of the molecule is O=[N+]([O-])c1c(Nc2ccccc2F)ncnc1Oc1cccc2cccnc12. The van der Waals surface area contributed by atoms with Crippen LogP contribution in [0, 0.1) is 15.9 Å². The lowest BCUT2D eigenvalue weighted by atomic mass is 10.2. The minimum absolute atomic E-state index is 0.0436. The van der Waals surface area contributed by atoms with Gasteiger partial charge in [-0.25, -0.2) is 9.37 Å². The zero-order chi connectivity index (χ0) is 19.5. The molecule has 138 valence electrons. The van der Waals surface area contributed by atoms with Gasteiger partial charge in [-0.3, -0.25) is 15.1 Å². The van der Waals surface area contributed by atoms with Crippen molar-refractivity contribution in [2.45, 2.75) is 0 Å². The maximum Gasteiger partial charge on any atom is 0.373 e. The molecule has 1 N–H and O–H groups in total. The molecular weight excluding hydrogens is 365 g/mol. The number of aromatic nitrogens is 3. The highest BCUT2D eigenvalue weighted by molar-refractivity contribution is 5.84. The second-order valence-corrected chi connectivity index (χ2v) is 5.67. The summed E-state index contributed by atoms with van der Waals surface area (Å²) in [6.45, 7) is 0. The molecule has 2 heterocycles. The van der Waals surface area contributed by atoms with Crippen LogP contribution in [-0.4, -0.2) is 19.9 Å². The van der Waals surface area contributed by atoms with Gasteiger partial charge in [0.15, 0.2) is 5.75 Å². The number of rotatable bonds is 5. The molecule has 8 nitrogen and oxygen atoms in total. The monoisotopic (exact) mass is 377 g/mol. The van der Waals surface area contributed by atoms with E-state index in [2.05, 4.69) is 20.3 Å². The molecule has 9 heteroatoms. The van der Waals surface area contributed by atoms with E-state index in [1.807, 2.05) is 12.1 Å². The average molecular weight is 377 g/mol. The molecule has 0 saturated carbocycles. The molecule has 28 heavy (non-hydrogen) atoms. The summed E-state index contributed by atoms with van der Waals surface area (Å²) in [5, 5.41) is 15.1. The number of hydrogen-bond acceptors (Lipinski definition) is 7. The summed E-state index contributed by atoms with van der Waals surface area (Å²) in [6, 6.07) is 14.6. The second-order valence-electron chi connectivity index (χ2n) is 5.67. The van der Waals surface area contributed by atoms with Crippen molar-refractivity contribution < 1.29 is 14.1 Å². The van der Waals surface area contributed by atoms with Gasteiger partial charge < -0.3 is 10.1 Å². The fourth-order valence-corrected chi connectivity index (χ4v) is 2.65. The predicted octanol–water partition coefficient (Wildman–Crippen LogP) is 4.61. The van der Waals surface area contributed by atoms with Crippen molar-refractivity contribution in [1.82, 2.24) is 15.0 Å². The molecule has 0 spiro atoms. The van der Waals surface area contributed by atoms with Gasteiger partial charge in [0.1, 0.15) is 17.7 Å². The third kappa shape index (κ3) is 3.28. The first-order chi connectivity index (χ1) is 13.6. The smallest absolute Gasteiger partial charge is 0.373 e. The maximum absolute atomic E-state index is 13.9. The number of nitrogens with zero attached hydrogens (tertiary/aromatic N) is 4. The second kappa shape index (κ2) is 7.23. The van der Waals surface area contributed by atoms with Gasteiger partial charge in [0.25, 0.3) is 0 Å². The first kappa shape index (κ1) is 17.3. The Bertz CT molecular complexity index is 1180. The van der Waals surface area contributed by atoms with Crippen LogP contribution < -0.4 is 10.1 Å². The van der Waals surface area contributed by atoms with Gasteiger partial charge in [-0.2, -0.15) is 4.98 Å². The first-order valence-corrected chi connectivity index (χ1v) is 8.16. The maximum atomic E-state index is 13.9. The molecule has 0 atom stereocenters. The van der Waals surface area contributed by atoms with Crippen LogP contribution in [0.1, 0.15) is 0 Å². The predicted molar refractivity (Wildman–Crippen MR) is 100 cm³/mol. The largest absolute Gasteiger partial charge is 0.431 e. The summed E-state index contributed by atoms with van der Waals surface area (Å²) in [5.41, 5.74) is 0.0577. The van der Waals surface area contributed by atoms with Crippen LogP contribution in [0.4, 0.5) is 21.6 Å². The number of benzene rings is 2. The molecule has 0 fully saturated rings. The molecule has 0 radical (unpaired) electrons. The number of pyridine rings is 1. The minimum Gasteiger partial charge on any atom is -0.431 e. The summed E-state index contributed by atoms with van der Waals surface area (Å²) >= 11 is 0. The highest BCUT2D eigenvalue weighted by Gasteiger charge is 2.26. The first-order valence-electron chi connectivity index (χ1n) is 8.16. The van der Waals surface area contributed by atoms with Gasteiger partial charge in [-0.1, -0.05) is 30.3 Å². The number of anilines is 2. The van der Waals surface area contributed by atoms with Crippen LogP contribution in [0.25, 0.3) is 10.9 Å². The topological polar surface area (TPSA) is 103 Å². The van der Waals surface area contributed by atoms with Crippen LogP contribution in [0.15, 0.2) is 67.1 Å². The molecule has 0 aliphatic carbocycles. The van der Waals surface area contributed by atoms with E-state index in [9.17, 15) is 14.5 Å². The highest BCUT2D eigenvalue weighted by Crippen LogP contribution is 2.37. The van der Waals surface area contributed by atoms with E-state index in [1.54, 1.807) is 30.5 Å². The molecule has 0 amide bonds. The molecule has 0 unspecified atom stereocenters. The Labute approximate surface area is 157 Å². The van der Waals surface area contributed by atoms with Gasteiger partial charge in [-0.05, 0) is 24.3 Å². The van der Waals surface area contributed by atoms with Gasteiger partial charge in [0.05, 0.1) is 10.6 Å². The van der Waals surface area contributed by atoms with E-state index in [0.29, 0.717) is 11.3 Å². The van der Waals surface area contributed by atoms with Crippen molar-refractivity contribution in [3.05, 3.63) is 83.1 Å². The van der Waals surface area contributed by atoms with Gasteiger partial charge in [0, 0.05) is 11.6 Å². The van der Waals surface area contributed by atoms with E-state index < -0.39 is 16.4 Å². The highest BCUT2D eigenvalue weighted by atomic mass is 19.1. The fraction of sp³-hybridized carbons (Fsp3) is 0. The lowest BCUT2D eigenvalue weighted by molar-refractivity contribution is -0.385. The zero-order valence-corrected chi connectivity index (χ0v) is 14.2. The quantitative estimate of drug-likeness (QED) is 0.400. The van der Waals surface area contributed by atoms with Crippen LogP contribution in [0.2, 0.25) is 0 Å². The normalized spacial score (nSPS) is 10.6. The number of hydrogen-bond donors (Lipinski definition) is 1. The molecule has 4 aromatic rings. The molecule has 0 aliphatic heterocycles. The summed E-state index contributed by atoms with van der Waals surface area (Å²) in [5.74, 6) is -0.738. The van der Waals surface area contributed by atoms with Gasteiger partial charge >= 0.3 is 11.6 Å². The Morgan fingerprint density at radius 3 is 2.64 bits per heavy atom. The Morgan fingerprint density at radius 1 is 1.00 bits per heavy atom. The van der Waals surface area contributed by atoms with Crippen molar-refractivity contribution >= 4 is 28.1 Å². The average Bonchev–Trinajstić information content (AvgIpc) is 2.70. The lowest BCUT2D eigenvalue weighted by Crippen LogP contribution is -2.04. The van der Waals surface area contributed by atoms with E-state index >= 15 is 0 Å². The van der Waals surface area contributed by atoms with E-state index in [0.717, 1.165) is 11.7 Å². The Kier molecular flexibility index (Phi) is 4.47. The number of halogens is 1. The van der Waals surface area contributed by atoms with Crippen LogP contribution in [0.3, 0.4) is 0 Å². The standard InChI is InChI=1S/C19H12FN5O3/c20-13-7-1-2-8-14(13)24-18-17(25(26)27)19(23-11-22-18)28-15-9-3-5-12-6-4-10-21-16(12)15/h1-11H,(H,22,23,24). The Balaban J connectivity index is 1.77. The van der Waals surface area contributed by atoms with E-state index in [1.165, 1.54) is 18.2 Å². The van der Waals surface area contributed by atoms with Crippen molar-refractivity contribution in [3.63, 3.8) is 0 Å². The van der Waals surface area contributed by atoms with Gasteiger partial charge in [0.2, 0.25) is 5.82 Å². The molecule has 0 saturated heterocycles. The number of fused-ring (bicyclic) bond motifs is 1. The van der Waals surface area contributed by atoms with Crippen molar-refractivity contribution in [3.8, 4) is 11.6 Å². The third-order valence-corrected chi connectivity index (χ3v) is 3.90. The van der Waals surface area contributed by atoms with Crippen molar-refractivity contribution in [2.75, 3.05) is 5.32 Å². The summed E-state index contributed by atoms with van der Waals surface area (Å²) in [7, 11) is 0. The number of para-hydroxylation sites is 2. The van der Waals surface area contributed by atoms with Crippen LogP contribution >= 0.6 is 0 Å². The molecule has 2 aromatic heterocycles. The van der Waals surface area contributed by atoms with Crippen molar-refractivity contribution in [2.24, 2.45) is 0 Å². The zero-order valence-electron chi connectivity index (χ0n) is 14.2. The number of ether oxygens (including phenoxy) is 1. The summed E-state index contributed by atoms with van der Waals surface area (Å²) in [4.78, 5) is 23.0. The van der Waals surface area contributed by atoms with Crippen LogP contribution in [-0.2, 0) is 0 Å². The van der Waals surface area contributed by atoms with Gasteiger partial charge in [-0.15, -0.1) is 0 Å². The Hall–Kier alpha value is -4.14. The third-order valence-electron chi connectivity index (χ3n) is 3.90. The molecule has 0 aliphatic rings. The fourth-order valence-electron chi connectivity index (χ4n) is 2.65. The lowest BCUT2D eigenvalue weighted by Gasteiger charge is -2.10. The molecular formula is C19H12FN5O3. The number of nitro groups is 1. The molecule has 2 aromatic carbocycles.